The molecule has 0 aromatic heterocycles. The molecule has 0 unspecified atom stereocenters. The third-order valence-corrected chi connectivity index (χ3v) is 2.05. The van der Waals surface area contributed by atoms with Crippen LogP contribution in [0, 0.1) is 0 Å². The average Bonchev–Trinajstić information content (AvgIpc) is 2.26. The fourth-order valence-electron chi connectivity index (χ4n) is 1.20. The summed E-state index contributed by atoms with van der Waals surface area (Å²) in [6, 6.07) is 0. The summed E-state index contributed by atoms with van der Waals surface area (Å²) in [5, 5.41) is 2.66. The zero-order valence-corrected chi connectivity index (χ0v) is 12.6. The first-order valence-electron chi connectivity index (χ1n) is 6.52. The minimum atomic E-state index is -0.494. The van der Waals surface area contributed by atoms with Crippen molar-refractivity contribution in [1.82, 2.24) is 5.32 Å². The van der Waals surface area contributed by atoms with E-state index in [4.69, 9.17) is 10.5 Å². The van der Waals surface area contributed by atoms with E-state index in [-0.39, 0.29) is 0 Å². The Kier molecular flexibility index (Phi) is 7.84. The van der Waals surface area contributed by atoms with Crippen LogP contribution in [0.15, 0.2) is 35.6 Å². The van der Waals surface area contributed by atoms with Crippen molar-refractivity contribution < 1.29 is 9.53 Å². The van der Waals surface area contributed by atoms with E-state index in [0.717, 1.165) is 12.0 Å². The standard InChI is InChI=1S/C15H26N2O2/c1-6-7-8-13(11-16)10-9-12(2)17-14(18)19-15(3,4)5/h7-10H,6,11,16H2,1-5H3,(H,17,18)/b8-7+,12-9+,13-10+. The molecule has 0 rings (SSSR count). The normalized spacial score (nSPS) is 13.8. The smallest absolute Gasteiger partial charge is 0.411 e. The molecule has 0 aromatic rings. The molecule has 0 atom stereocenters. The van der Waals surface area contributed by atoms with Crippen LogP contribution in [0.25, 0.3) is 0 Å². The molecule has 4 heteroatoms. The van der Waals surface area contributed by atoms with Crippen molar-refractivity contribution in [3.05, 3.63) is 35.6 Å². The second-order valence-electron chi connectivity index (χ2n) is 5.23. The van der Waals surface area contributed by atoms with Crippen LogP contribution < -0.4 is 11.1 Å². The third-order valence-electron chi connectivity index (χ3n) is 2.05. The van der Waals surface area contributed by atoms with Gasteiger partial charge in [-0.05, 0) is 45.8 Å². The Hall–Kier alpha value is -1.55. The van der Waals surface area contributed by atoms with E-state index < -0.39 is 11.7 Å². The lowest BCUT2D eigenvalue weighted by Crippen LogP contribution is -2.31. The molecule has 0 saturated heterocycles. The number of nitrogens with one attached hydrogen (secondary N) is 1. The van der Waals surface area contributed by atoms with E-state index in [9.17, 15) is 4.79 Å². The Morgan fingerprint density at radius 1 is 1.32 bits per heavy atom. The summed E-state index contributed by atoms with van der Waals surface area (Å²) in [7, 11) is 0. The maximum atomic E-state index is 11.5. The second kappa shape index (κ2) is 8.53. The van der Waals surface area contributed by atoms with Crippen molar-refractivity contribution in [3.63, 3.8) is 0 Å². The number of carbonyl (C=O) groups is 1. The van der Waals surface area contributed by atoms with Gasteiger partial charge in [-0.25, -0.2) is 4.79 Å². The van der Waals surface area contributed by atoms with Crippen molar-refractivity contribution in [2.75, 3.05) is 6.54 Å². The lowest BCUT2D eigenvalue weighted by Gasteiger charge is -2.19. The molecule has 108 valence electrons. The summed E-state index contributed by atoms with van der Waals surface area (Å²) in [6.07, 6.45) is 8.25. The van der Waals surface area contributed by atoms with Crippen LogP contribution in [0.3, 0.4) is 0 Å². The highest BCUT2D eigenvalue weighted by atomic mass is 16.6. The molecule has 0 fully saturated rings. The van der Waals surface area contributed by atoms with Crippen LogP contribution in [0.1, 0.15) is 41.0 Å². The highest BCUT2D eigenvalue weighted by Crippen LogP contribution is 2.07. The van der Waals surface area contributed by atoms with E-state index in [2.05, 4.69) is 12.2 Å². The molecular weight excluding hydrogens is 240 g/mol. The van der Waals surface area contributed by atoms with Crippen LogP contribution in [0.2, 0.25) is 0 Å². The maximum Gasteiger partial charge on any atom is 0.411 e. The number of carbonyl (C=O) groups excluding carboxylic acids is 1. The molecule has 0 radical (unpaired) electrons. The minimum absolute atomic E-state index is 0.451. The molecule has 0 heterocycles. The summed E-state index contributed by atoms with van der Waals surface area (Å²) in [5.41, 5.74) is 6.85. The van der Waals surface area contributed by atoms with Gasteiger partial charge in [-0.2, -0.15) is 0 Å². The zero-order valence-electron chi connectivity index (χ0n) is 12.6. The Bertz CT molecular complexity index is 374. The van der Waals surface area contributed by atoms with Crippen molar-refractivity contribution in [2.24, 2.45) is 5.73 Å². The highest BCUT2D eigenvalue weighted by Gasteiger charge is 2.15. The number of hydrogen-bond donors (Lipinski definition) is 2. The summed E-state index contributed by atoms with van der Waals surface area (Å²) in [6.45, 7) is 9.81. The summed E-state index contributed by atoms with van der Waals surface area (Å²) in [5.74, 6) is 0. The Labute approximate surface area is 116 Å². The predicted octanol–water partition coefficient (Wildman–Crippen LogP) is 3.27. The van der Waals surface area contributed by atoms with Crippen LogP contribution in [0.4, 0.5) is 4.79 Å². The van der Waals surface area contributed by atoms with Crippen LogP contribution in [-0.4, -0.2) is 18.2 Å². The number of alkyl carbamates (subject to hydrolysis) is 1. The van der Waals surface area contributed by atoms with E-state index in [0.29, 0.717) is 12.2 Å². The minimum Gasteiger partial charge on any atom is -0.444 e. The fraction of sp³-hybridized carbons (Fsp3) is 0.533. The van der Waals surface area contributed by atoms with Gasteiger partial charge >= 0.3 is 6.09 Å². The quantitative estimate of drug-likeness (QED) is 0.751. The van der Waals surface area contributed by atoms with E-state index in [1.54, 1.807) is 6.92 Å². The average molecular weight is 266 g/mol. The predicted molar refractivity (Wildman–Crippen MR) is 79.7 cm³/mol. The molecule has 0 aliphatic carbocycles. The van der Waals surface area contributed by atoms with Gasteiger partial charge in [-0.3, -0.25) is 5.32 Å². The number of allylic oxidation sites excluding steroid dienone is 4. The second-order valence-corrected chi connectivity index (χ2v) is 5.23. The number of rotatable bonds is 5. The number of nitrogens with two attached hydrogens (primary N) is 1. The van der Waals surface area contributed by atoms with Crippen molar-refractivity contribution in [3.8, 4) is 0 Å². The van der Waals surface area contributed by atoms with Crippen molar-refractivity contribution >= 4 is 6.09 Å². The van der Waals surface area contributed by atoms with Gasteiger partial charge in [-0.1, -0.05) is 25.2 Å². The maximum absolute atomic E-state index is 11.5. The molecule has 0 aromatic carbocycles. The van der Waals surface area contributed by atoms with Gasteiger partial charge in [0.2, 0.25) is 0 Å². The molecule has 0 aliphatic rings. The fourth-order valence-corrected chi connectivity index (χ4v) is 1.20. The van der Waals surface area contributed by atoms with Gasteiger partial charge in [0.25, 0.3) is 0 Å². The van der Waals surface area contributed by atoms with Gasteiger partial charge < -0.3 is 10.5 Å². The van der Waals surface area contributed by atoms with Crippen LogP contribution in [0.5, 0.6) is 0 Å². The van der Waals surface area contributed by atoms with Crippen LogP contribution in [-0.2, 0) is 4.74 Å². The molecule has 0 spiro atoms. The molecule has 1 amide bonds. The summed E-state index contributed by atoms with van der Waals surface area (Å²) >= 11 is 0. The Morgan fingerprint density at radius 3 is 2.42 bits per heavy atom. The van der Waals surface area contributed by atoms with Gasteiger partial charge in [0.05, 0.1) is 0 Å². The van der Waals surface area contributed by atoms with E-state index >= 15 is 0 Å². The molecular formula is C15H26N2O2. The van der Waals surface area contributed by atoms with Crippen LogP contribution >= 0.6 is 0 Å². The molecule has 0 bridgehead atoms. The lowest BCUT2D eigenvalue weighted by molar-refractivity contribution is 0.0546. The monoisotopic (exact) mass is 266 g/mol. The third kappa shape index (κ3) is 10.1. The molecule has 3 N–H and O–H groups in total. The molecule has 0 saturated carbocycles. The summed E-state index contributed by atoms with van der Waals surface area (Å²) in [4.78, 5) is 11.5. The van der Waals surface area contributed by atoms with Gasteiger partial charge in [-0.15, -0.1) is 0 Å². The highest BCUT2D eigenvalue weighted by molar-refractivity contribution is 5.69. The number of hydrogen-bond acceptors (Lipinski definition) is 3. The van der Waals surface area contributed by atoms with Gasteiger partial charge in [0, 0.05) is 12.2 Å². The topological polar surface area (TPSA) is 64.3 Å². The number of ether oxygens (including phenoxy) is 1. The first-order chi connectivity index (χ1) is 8.78. The van der Waals surface area contributed by atoms with Crippen molar-refractivity contribution in [1.29, 1.82) is 0 Å². The molecule has 4 nitrogen and oxygen atoms in total. The van der Waals surface area contributed by atoms with E-state index in [1.807, 2.05) is 45.1 Å². The largest absolute Gasteiger partial charge is 0.444 e. The Morgan fingerprint density at radius 2 is 1.95 bits per heavy atom. The Balaban J connectivity index is 4.52. The van der Waals surface area contributed by atoms with E-state index in [1.165, 1.54) is 0 Å². The first-order valence-corrected chi connectivity index (χ1v) is 6.52. The lowest BCUT2D eigenvalue weighted by atomic mass is 10.2. The van der Waals surface area contributed by atoms with Crippen molar-refractivity contribution in [2.45, 2.75) is 46.6 Å². The molecule has 19 heavy (non-hydrogen) atoms. The first kappa shape index (κ1) is 17.4. The zero-order chi connectivity index (χ0) is 14.9. The van der Waals surface area contributed by atoms with Gasteiger partial charge in [0.15, 0.2) is 0 Å². The van der Waals surface area contributed by atoms with Gasteiger partial charge in [0.1, 0.15) is 5.60 Å². The molecule has 0 aliphatic heterocycles. The number of amides is 1. The summed E-state index contributed by atoms with van der Waals surface area (Å²) < 4.78 is 5.16. The SMILES string of the molecule is CC/C=C/C(=C\C=C(/C)NC(=O)OC(C)(C)C)CN.